The van der Waals surface area contributed by atoms with Crippen molar-refractivity contribution in [2.24, 2.45) is 0 Å². The van der Waals surface area contributed by atoms with Gasteiger partial charge in [0.2, 0.25) is 0 Å². The van der Waals surface area contributed by atoms with Crippen LogP contribution < -0.4 is 4.74 Å². The van der Waals surface area contributed by atoms with Crippen LogP contribution in [-0.4, -0.2) is 18.8 Å². The highest BCUT2D eigenvalue weighted by Gasteiger charge is 2.11. The van der Waals surface area contributed by atoms with Crippen LogP contribution in [0.1, 0.15) is 24.0 Å². The van der Waals surface area contributed by atoms with Crippen molar-refractivity contribution in [1.29, 1.82) is 0 Å². The van der Waals surface area contributed by atoms with Crippen molar-refractivity contribution in [3.63, 3.8) is 0 Å². The molecule has 1 aromatic carbocycles. The van der Waals surface area contributed by atoms with Gasteiger partial charge in [0.15, 0.2) is 0 Å². The van der Waals surface area contributed by atoms with E-state index in [0.717, 1.165) is 21.3 Å². The van der Waals surface area contributed by atoms with Gasteiger partial charge in [0, 0.05) is 17.0 Å². The standard InChI is InChI=1S/C11H15BrO2/c1-7-4-10(12)9(8(2)6-13)5-11(7)14-3/h4-5,8,13H,6H2,1-3H3. The van der Waals surface area contributed by atoms with E-state index < -0.39 is 0 Å². The average molecular weight is 259 g/mol. The zero-order chi connectivity index (χ0) is 10.7. The van der Waals surface area contributed by atoms with E-state index >= 15 is 0 Å². The maximum Gasteiger partial charge on any atom is 0.122 e. The van der Waals surface area contributed by atoms with E-state index in [-0.39, 0.29) is 12.5 Å². The molecule has 0 heterocycles. The van der Waals surface area contributed by atoms with E-state index in [1.54, 1.807) is 7.11 Å². The van der Waals surface area contributed by atoms with Crippen LogP contribution in [0.5, 0.6) is 5.75 Å². The van der Waals surface area contributed by atoms with Crippen LogP contribution in [0.4, 0.5) is 0 Å². The van der Waals surface area contributed by atoms with Gasteiger partial charge < -0.3 is 9.84 Å². The highest BCUT2D eigenvalue weighted by atomic mass is 79.9. The molecular formula is C11H15BrO2. The van der Waals surface area contributed by atoms with Crippen molar-refractivity contribution >= 4 is 15.9 Å². The Morgan fingerprint density at radius 2 is 2.14 bits per heavy atom. The lowest BCUT2D eigenvalue weighted by molar-refractivity contribution is 0.272. The van der Waals surface area contributed by atoms with Crippen LogP contribution >= 0.6 is 15.9 Å². The number of hydrogen-bond acceptors (Lipinski definition) is 2. The molecule has 0 aliphatic heterocycles. The Morgan fingerprint density at radius 1 is 1.50 bits per heavy atom. The molecule has 0 saturated heterocycles. The second kappa shape index (κ2) is 4.80. The number of aliphatic hydroxyl groups is 1. The van der Waals surface area contributed by atoms with Crippen LogP contribution in [0.25, 0.3) is 0 Å². The summed E-state index contributed by atoms with van der Waals surface area (Å²) in [7, 11) is 1.66. The summed E-state index contributed by atoms with van der Waals surface area (Å²) in [6, 6.07) is 3.99. The molecule has 1 unspecified atom stereocenters. The first-order valence-electron chi connectivity index (χ1n) is 4.55. The first-order valence-corrected chi connectivity index (χ1v) is 5.34. The molecule has 0 radical (unpaired) electrons. The largest absolute Gasteiger partial charge is 0.496 e. The summed E-state index contributed by atoms with van der Waals surface area (Å²) >= 11 is 3.49. The first-order chi connectivity index (χ1) is 6.60. The molecule has 0 amide bonds. The van der Waals surface area contributed by atoms with Crippen molar-refractivity contribution in [1.82, 2.24) is 0 Å². The van der Waals surface area contributed by atoms with E-state index in [0.29, 0.717) is 0 Å². The van der Waals surface area contributed by atoms with Gasteiger partial charge in [-0.1, -0.05) is 22.9 Å². The van der Waals surface area contributed by atoms with Crippen LogP contribution in [-0.2, 0) is 0 Å². The highest BCUT2D eigenvalue weighted by Crippen LogP contribution is 2.31. The van der Waals surface area contributed by atoms with Crippen molar-refractivity contribution < 1.29 is 9.84 Å². The third-order valence-electron chi connectivity index (χ3n) is 2.32. The number of rotatable bonds is 3. The molecular weight excluding hydrogens is 244 g/mol. The van der Waals surface area contributed by atoms with Gasteiger partial charge in [-0.15, -0.1) is 0 Å². The van der Waals surface area contributed by atoms with Gasteiger partial charge in [0.25, 0.3) is 0 Å². The molecule has 1 aromatic rings. The monoisotopic (exact) mass is 258 g/mol. The van der Waals surface area contributed by atoms with E-state index in [2.05, 4.69) is 15.9 Å². The number of methoxy groups -OCH3 is 1. The van der Waals surface area contributed by atoms with Crippen molar-refractivity contribution in [2.45, 2.75) is 19.8 Å². The number of hydrogen-bond donors (Lipinski definition) is 1. The molecule has 2 nitrogen and oxygen atoms in total. The number of benzene rings is 1. The minimum absolute atomic E-state index is 0.124. The topological polar surface area (TPSA) is 29.5 Å². The van der Waals surface area contributed by atoms with E-state index in [9.17, 15) is 0 Å². The van der Waals surface area contributed by atoms with Crippen LogP contribution in [0.3, 0.4) is 0 Å². The van der Waals surface area contributed by atoms with Crippen LogP contribution in [0.15, 0.2) is 16.6 Å². The highest BCUT2D eigenvalue weighted by molar-refractivity contribution is 9.10. The Hall–Kier alpha value is -0.540. The van der Waals surface area contributed by atoms with Gasteiger partial charge in [-0.05, 0) is 30.2 Å². The fourth-order valence-corrected chi connectivity index (χ4v) is 2.21. The van der Waals surface area contributed by atoms with E-state index in [4.69, 9.17) is 9.84 Å². The third-order valence-corrected chi connectivity index (χ3v) is 3.01. The van der Waals surface area contributed by atoms with Crippen LogP contribution in [0.2, 0.25) is 0 Å². The Labute approximate surface area is 93.0 Å². The normalized spacial score (nSPS) is 12.6. The second-order valence-corrected chi connectivity index (χ2v) is 4.28. The molecule has 0 saturated carbocycles. The lowest BCUT2D eigenvalue weighted by Gasteiger charge is -2.14. The quantitative estimate of drug-likeness (QED) is 0.904. The molecule has 1 atom stereocenters. The Kier molecular flexibility index (Phi) is 3.96. The fraction of sp³-hybridized carbons (Fsp3) is 0.455. The van der Waals surface area contributed by atoms with Crippen molar-refractivity contribution in [3.8, 4) is 5.75 Å². The molecule has 3 heteroatoms. The minimum atomic E-state index is 0.124. The Balaban J connectivity index is 3.17. The number of halogens is 1. The lowest BCUT2D eigenvalue weighted by Crippen LogP contribution is -2.01. The Bertz CT molecular complexity index is 323. The van der Waals surface area contributed by atoms with Gasteiger partial charge >= 0.3 is 0 Å². The zero-order valence-electron chi connectivity index (χ0n) is 8.67. The van der Waals surface area contributed by atoms with Gasteiger partial charge in [-0.3, -0.25) is 0 Å². The molecule has 1 rings (SSSR count). The molecule has 0 spiro atoms. The summed E-state index contributed by atoms with van der Waals surface area (Å²) in [6.07, 6.45) is 0. The third kappa shape index (κ3) is 2.28. The molecule has 0 aromatic heterocycles. The summed E-state index contributed by atoms with van der Waals surface area (Å²) in [5.41, 5.74) is 2.17. The Morgan fingerprint density at radius 3 is 2.64 bits per heavy atom. The second-order valence-electron chi connectivity index (χ2n) is 3.43. The molecule has 0 fully saturated rings. The number of aryl methyl sites for hydroxylation is 1. The smallest absolute Gasteiger partial charge is 0.122 e. The molecule has 78 valence electrons. The van der Waals surface area contributed by atoms with Gasteiger partial charge in [-0.2, -0.15) is 0 Å². The predicted octanol–water partition coefficient (Wildman–Crippen LogP) is 2.86. The van der Waals surface area contributed by atoms with Gasteiger partial charge in [0.05, 0.1) is 7.11 Å². The first kappa shape index (κ1) is 11.5. The summed E-state index contributed by atoms with van der Waals surface area (Å²) in [5, 5.41) is 9.08. The summed E-state index contributed by atoms with van der Waals surface area (Å²) < 4.78 is 6.26. The number of aliphatic hydroxyl groups excluding tert-OH is 1. The fourth-order valence-electron chi connectivity index (χ4n) is 1.36. The van der Waals surface area contributed by atoms with Crippen LogP contribution in [0, 0.1) is 6.92 Å². The average Bonchev–Trinajstić information content (AvgIpc) is 2.17. The SMILES string of the molecule is COc1cc(C(C)CO)c(Br)cc1C. The summed E-state index contributed by atoms with van der Waals surface area (Å²) in [4.78, 5) is 0. The summed E-state index contributed by atoms with van der Waals surface area (Å²) in [5.74, 6) is 0.988. The minimum Gasteiger partial charge on any atom is -0.496 e. The maximum absolute atomic E-state index is 9.08. The van der Waals surface area contributed by atoms with Gasteiger partial charge in [0.1, 0.15) is 5.75 Å². The maximum atomic E-state index is 9.08. The predicted molar refractivity (Wildman–Crippen MR) is 60.9 cm³/mol. The van der Waals surface area contributed by atoms with E-state index in [1.807, 2.05) is 26.0 Å². The number of ether oxygens (including phenoxy) is 1. The van der Waals surface area contributed by atoms with Crippen molar-refractivity contribution in [2.75, 3.05) is 13.7 Å². The molecule has 0 aliphatic rings. The van der Waals surface area contributed by atoms with E-state index in [1.165, 1.54) is 0 Å². The molecule has 1 N–H and O–H groups in total. The lowest BCUT2D eigenvalue weighted by atomic mass is 10.0. The summed E-state index contributed by atoms with van der Waals surface area (Å²) in [6.45, 7) is 4.12. The van der Waals surface area contributed by atoms with Crippen molar-refractivity contribution in [3.05, 3.63) is 27.7 Å². The molecule has 0 bridgehead atoms. The van der Waals surface area contributed by atoms with Gasteiger partial charge in [-0.25, -0.2) is 0 Å². The zero-order valence-corrected chi connectivity index (χ0v) is 10.3. The molecule has 0 aliphatic carbocycles. The molecule has 14 heavy (non-hydrogen) atoms.